The Labute approximate surface area is 125 Å². The molecule has 0 N–H and O–H groups in total. The van der Waals surface area contributed by atoms with E-state index in [0.29, 0.717) is 11.8 Å². The molecule has 19 heavy (non-hydrogen) atoms. The molecule has 0 amide bonds. The second-order valence-corrected chi connectivity index (χ2v) is 4.34. The highest BCUT2D eigenvalue weighted by Crippen LogP contribution is 2.41. The number of hydrogen-bond donors (Lipinski definition) is 1. The van der Waals surface area contributed by atoms with Crippen molar-refractivity contribution in [3.8, 4) is 0 Å². The van der Waals surface area contributed by atoms with Gasteiger partial charge in [0.1, 0.15) is 0 Å². The highest BCUT2D eigenvalue weighted by atomic mass is 32.1. The minimum Gasteiger partial charge on any atom is -0.265 e. The van der Waals surface area contributed by atoms with Crippen LogP contribution in [0.3, 0.4) is 0 Å². The molecule has 0 aromatic rings. The molecule has 0 saturated heterocycles. The van der Waals surface area contributed by atoms with Crippen LogP contribution in [0, 0.1) is 11.8 Å². The normalized spacial score (nSPS) is 23.7. The summed E-state index contributed by atoms with van der Waals surface area (Å²) in [5.74, 6) is 2.03. The van der Waals surface area contributed by atoms with Crippen LogP contribution in [0.4, 0.5) is 0 Å². The molecule has 0 fully saturated rings. The molecule has 1 nitrogen and oxygen atoms in total. The van der Waals surface area contributed by atoms with E-state index in [0.717, 1.165) is 18.6 Å². The highest BCUT2D eigenvalue weighted by molar-refractivity contribution is 7.80. The Bertz CT molecular complexity index is 350. The molecule has 2 rings (SSSR count). The first-order chi connectivity index (χ1) is 9.36. The van der Waals surface area contributed by atoms with Gasteiger partial charge in [0.2, 0.25) is 0 Å². The van der Waals surface area contributed by atoms with Gasteiger partial charge in [-0.25, -0.2) is 0 Å². The van der Waals surface area contributed by atoms with Crippen LogP contribution in [0.2, 0.25) is 0 Å². The van der Waals surface area contributed by atoms with Crippen LogP contribution in [0.15, 0.2) is 40.6 Å². The lowest BCUT2D eigenvalue weighted by atomic mass is 9.73. The molecule has 0 saturated carbocycles. The predicted molar refractivity (Wildman–Crippen MR) is 92.2 cm³/mol. The molecular formula is C17H29NS. The Morgan fingerprint density at radius 2 is 1.95 bits per heavy atom. The Morgan fingerprint density at radius 1 is 1.26 bits per heavy atom. The maximum atomic E-state index is 4.51. The van der Waals surface area contributed by atoms with Gasteiger partial charge in [-0.05, 0) is 18.2 Å². The topological polar surface area (TPSA) is 12.4 Å². The van der Waals surface area contributed by atoms with Crippen LogP contribution >= 0.6 is 12.6 Å². The molecule has 2 unspecified atom stereocenters. The van der Waals surface area contributed by atoms with Crippen molar-refractivity contribution >= 4 is 18.8 Å². The van der Waals surface area contributed by atoms with E-state index in [2.05, 4.69) is 48.8 Å². The molecule has 1 aliphatic carbocycles. The van der Waals surface area contributed by atoms with Crippen molar-refractivity contribution in [2.24, 2.45) is 16.8 Å². The Morgan fingerprint density at radius 3 is 2.53 bits per heavy atom. The maximum absolute atomic E-state index is 4.51. The summed E-state index contributed by atoms with van der Waals surface area (Å²) < 4.78 is 0. The van der Waals surface area contributed by atoms with E-state index in [1.54, 1.807) is 5.57 Å². The van der Waals surface area contributed by atoms with Gasteiger partial charge in [-0.2, -0.15) is 12.6 Å². The minimum absolute atomic E-state index is 0.497. The van der Waals surface area contributed by atoms with Crippen molar-refractivity contribution in [2.45, 2.75) is 47.5 Å². The van der Waals surface area contributed by atoms with Crippen LogP contribution in [-0.2, 0) is 0 Å². The summed E-state index contributed by atoms with van der Waals surface area (Å²) in [5.41, 5.74) is 2.74. The fourth-order valence-electron chi connectivity index (χ4n) is 2.19. The van der Waals surface area contributed by atoms with E-state index >= 15 is 0 Å². The first-order valence-corrected chi connectivity index (χ1v) is 8.20. The van der Waals surface area contributed by atoms with E-state index in [9.17, 15) is 0 Å². The summed E-state index contributed by atoms with van der Waals surface area (Å²) in [5, 5.41) is 0. The summed E-state index contributed by atoms with van der Waals surface area (Å²) in [6.45, 7) is 10.2. The number of aliphatic imine (C=N–C) groups is 1. The van der Waals surface area contributed by atoms with Crippen LogP contribution in [0.1, 0.15) is 47.5 Å². The number of allylic oxidation sites excluding steroid dienone is 5. The van der Waals surface area contributed by atoms with Gasteiger partial charge >= 0.3 is 0 Å². The molecule has 0 radical (unpaired) electrons. The smallest absolute Gasteiger partial charge is 0.0474 e. The fraction of sp³-hybridized carbons (Fsp3) is 0.588. The Hall–Kier alpha value is -0.760. The minimum atomic E-state index is 0.497. The first kappa shape index (κ1) is 18.2. The molecule has 0 aromatic carbocycles. The third-order valence-corrected chi connectivity index (χ3v) is 3.53. The molecule has 0 spiro atoms. The zero-order chi connectivity index (χ0) is 14.7. The lowest BCUT2D eigenvalue weighted by Crippen LogP contribution is -2.27. The lowest BCUT2D eigenvalue weighted by molar-refractivity contribution is 0.476. The molecule has 2 atom stereocenters. The predicted octanol–water partition coefficient (Wildman–Crippen LogP) is 5.47. The van der Waals surface area contributed by atoms with Crippen LogP contribution < -0.4 is 0 Å². The zero-order valence-electron chi connectivity index (χ0n) is 13.1. The lowest BCUT2D eigenvalue weighted by Gasteiger charge is -2.35. The van der Waals surface area contributed by atoms with Gasteiger partial charge in [0.25, 0.3) is 0 Å². The third-order valence-electron chi connectivity index (χ3n) is 3.13. The quantitative estimate of drug-likeness (QED) is 0.520. The van der Waals surface area contributed by atoms with Crippen molar-refractivity contribution in [3.63, 3.8) is 0 Å². The van der Waals surface area contributed by atoms with E-state index in [1.807, 2.05) is 33.9 Å². The fourth-order valence-corrected chi connectivity index (χ4v) is 2.65. The summed E-state index contributed by atoms with van der Waals surface area (Å²) in [6.07, 6.45) is 12.8. The standard InChI is InChI=1S/C13H17NS.2C2H6/c1-2-10-8-11(12(10)9-15)13-6-4-3-5-7-14-13;2*1-2/h3-4,6-8,11-12,15H,2,5,9H2,1H3;2*1-2H3. The summed E-state index contributed by atoms with van der Waals surface area (Å²) in [6, 6.07) is 0. The SMILES string of the molecule is CC.CC.CCC1=CC(C2=CC=CCC=N2)C1CS. The monoisotopic (exact) mass is 279 g/mol. The van der Waals surface area contributed by atoms with Crippen molar-refractivity contribution in [3.05, 3.63) is 35.6 Å². The van der Waals surface area contributed by atoms with Gasteiger partial charge in [0, 0.05) is 30.2 Å². The van der Waals surface area contributed by atoms with E-state index < -0.39 is 0 Å². The molecule has 108 valence electrons. The molecule has 0 bridgehead atoms. The number of rotatable bonds is 3. The second kappa shape index (κ2) is 11.1. The summed E-state index contributed by atoms with van der Waals surface area (Å²) in [4.78, 5) is 4.51. The largest absolute Gasteiger partial charge is 0.265 e. The van der Waals surface area contributed by atoms with Gasteiger partial charge in [-0.3, -0.25) is 4.99 Å². The van der Waals surface area contributed by atoms with Gasteiger partial charge in [0.05, 0.1) is 0 Å². The first-order valence-electron chi connectivity index (χ1n) is 7.57. The van der Waals surface area contributed by atoms with Gasteiger partial charge in [-0.15, -0.1) is 0 Å². The summed E-state index contributed by atoms with van der Waals surface area (Å²) >= 11 is 4.43. The third kappa shape index (κ3) is 5.02. The number of hydrogen-bond acceptors (Lipinski definition) is 2. The molecular weight excluding hydrogens is 250 g/mol. The van der Waals surface area contributed by atoms with Gasteiger partial charge in [0.15, 0.2) is 0 Å². The average molecular weight is 279 g/mol. The van der Waals surface area contributed by atoms with Crippen molar-refractivity contribution in [1.29, 1.82) is 0 Å². The average Bonchev–Trinajstić information content (AvgIpc) is 2.72. The van der Waals surface area contributed by atoms with Crippen molar-refractivity contribution in [1.82, 2.24) is 0 Å². The molecule has 0 aromatic heterocycles. The van der Waals surface area contributed by atoms with Crippen molar-refractivity contribution < 1.29 is 0 Å². The Kier molecular flexibility index (Phi) is 10.7. The Balaban J connectivity index is 0.000000741. The maximum Gasteiger partial charge on any atom is 0.0474 e. The number of thiol groups is 1. The highest BCUT2D eigenvalue weighted by Gasteiger charge is 2.32. The van der Waals surface area contributed by atoms with E-state index in [4.69, 9.17) is 0 Å². The zero-order valence-corrected chi connectivity index (χ0v) is 14.0. The van der Waals surface area contributed by atoms with Gasteiger partial charge < -0.3 is 0 Å². The van der Waals surface area contributed by atoms with Gasteiger partial charge in [-0.1, -0.05) is 58.4 Å². The second-order valence-electron chi connectivity index (χ2n) is 3.98. The molecule has 2 heteroatoms. The van der Waals surface area contributed by atoms with Crippen molar-refractivity contribution in [2.75, 3.05) is 5.75 Å². The van der Waals surface area contributed by atoms with E-state index in [1.165, 1.54) is 5.70 Å². The van der Waals surface area contributed by atoms with E-state index in [-0.39, 0.29) is 0 Å². The van der Waals surface area contributed by atoms with Crippen LogP contribution in [0.5, 0.6) is 0 Å². The molecule has 2 aliphatic rings. The molecule has 1 aliphatic heterocycles. The number of nitrogens with zero attached hydrogens (tertiary/aromatic N) is 1. The summed E-state index contributed by atoms with van der Waals surface area (Å²) in [7, 11) is 0. The van der Waals surface area contributed by atoms with Crippen LogP contribution in [0.25, 0.3) is 0 Å². The molecule has 1 heterocycles. The van der Waals surface area contributed by atoms with Crippen LogP contribution in [-0.4, -0.2) is 12.0 Å².